The minimum absolute atomic E-state index is 0.393. The van der Waals surface area contributed by atoms with Crippen molar-refractivity contribution in [1.29, 1.82) is 0 Å². The van der Waals surface area contributed by atoms with Gasteiger partial charge in [0.2, 0.25) is 0 Å². The van der Waals surface area contributed by atoms with Crippen LogP contribution < -0.4 is 9.80 Å². The largest absolute Gasteiger partial charge is 0.497 e. The fourth-order valence-electron chi connectivity index (χ4n) is 1.54. The highest BCUT2D eigenvalue weighted by molar-refractivity contribution is 6.04. The van der Waals surface area contributed by atoms with Gasteiger partial charge in [-0.05, 0) is 36.4 Å². The second-order valence-corrected chi connectivity index (χ2v) is 3.68. The van der Waals surface area contributed by atoms with Crippen molar-refractivity contribution in [3.05, 3.63) is 60.2 Å². The van der Waals surface area contributed by atoms with Crippen LogP contribution in [0.3, 0.4) is 0 Å². The van der Waals surface area contributed by atoms with E-state index in [1.54, 1.807) is 55.6 Å². The second-order valence-electron chi connectivity index (χ2n) is 3.68. The Kier molecular flexibility index (Phi) is 3.60. The molecule has 0 spiro atoms. The number of rotatable bonds is 3. The molecule has 0 bridgehead atoms. The molecule has 2 aromatic carbocycles. The molecule has 4 heteroatoms. The Balaban J connectivity index is 2.20. The number of anilines is 1. The predicted molar refractivity (Wildman–Crippen MR) is 68.0 cm³/mol. The first-order valence-electron chi connectivity index (χ1n) is 5.45. The van der Waals surface area contributed by atoms with E-state index in [9.17, 15) is 10.0 Å². The topological polar surface area (TPSA) is 49.8 Å². The number of ether oxygens (including phenoxy) is 1. The van der Waals surface area contributed by atoms with Crippen LogP contribution in [0.5, 0.6) is 5.75 Å². The summed E-state index contributed by atoms with van der Waals surface area (Å²) in [5, 5.41) is 10.5. The van der Waals surface area contributed by atoms with Gasteiger partial charge in [-0.2, -0.15) is 5.06 Å². The van der Waals surface area contributed by atoms with E-state index in [0.29, 0.717) is 22.1 Å². The minimum Gasteiger partial charge on any atom is -0.497 e. The lowest BCUT2D eigenvalue weighted by atomic mass is 10.2. The third-order valence-corrected chi connectivity index (χ3v) is 2.53. The molecular formula is C14H13NO3. The van der Waals surface area contributed by atoms with Gasteiger partial charge >= 0.3 is 0 Å². The zero-order chi connectivity index (χ0) is 13.0. The molecule has 0 fully saturated rings. The predicted octanol–water partition coefficient (Wildman–Crippen LogP) is 2.73. The molecule has 0 aliphatic heterocycles. The lowest BCUT2D eigenvalue weighted by Gasteiger charge is -2.15. The molecule has 92 valence electrons. The van der Waals surface area contributed by atoms with Crippen LogP contribution in [0, 0.1) is 0 Å². The van der Waals surface area contributed by atoms with Crippen molar-refractivity contribution >= 4 is 11.6 Å². The molecule has 18 heavy (non-hydrogen) atoms. The van der Waals surface area contributed by atoms with Gasteiger partial charge in [-0.25, -0.2) is 0 Å². The molecule has 4 nitrogen and oxygen atoms in total. The lowest BCUT2D eigenvalue weighted by molar-refractivity contribution is 0.0854. The van der Waals surface area contributed by atoms with Gasteiger partial charge in [0.1, 0.15) is 5.75 Å². The Morgan fingerprint density at radius 2 is 1.67 bits per heavy atom. The number of carbonyl (C=O) groups is 1. The van der Waals surface area contributed by atoms with Crippen molar-refractivity contribution in [2.24, 2.45) is 0 Å². The zero-order valence-electron chi connectivity index (χ0n) is 9.91. The van der Waals surface area contributed by atoms with E-state index in [1.807, 2.05) is 6.07 Å². The Hall–Kier alpha value is -2.33. The fraction of sp³-hybridized carbons (Fsp3) is 0.0714. The summed E-state index contributed by atoms with van der Waals surface area (Å²) < 4.78 is 5.01. The van der Waals surface area contributed by atoms with Crippen LogP contribution >= 0.6 is 0 Å². The molecule has 1 N–H and O–H groups in total. The summed E-state index contributed by atoms with van der Waals surface area (Å²) in [5.41, 5.74) is 0.820. The molecule has 0 saturated carbocycles. The first-order chi connectivity index (χ1) is 8.72. The number of hydrogen-bond donors (Lipinski definition) is 1. The maximum atomic E-state index is 11.9. The maximum Gasteiger partial charge on any atom is 0.281 e. The summed E-state index contributed by atoms with van der Waals surface area (Å²) in [6.07, 6.45) is 0. The zero-order valence-corrected chi connectivity index (χ0v) is 9.91. The number of hydrogen-bond acceptors (Lipinski definition) is 3. The minimum atomic E-state index is -0.472. The first-order valence-corrected chi connectivity index (χ1v) is 5.45. The van der Waals surface area contributed by atoms with Crippen molar-refractivity contribution in [2.45, 2.75) is 0 Å². The molecule has 0 heterocycles. The lowest BCUT2D eigenvalue weighted by Crippen LogP contribution is -2.26. The molecule has 0 aliphatic carbocycles. The van der Waals surface area contributed by atoms with E-state index in [4.69, 9.17) is 4.74 Å². The third-order valence-electron chi connectivity index (χ3n) is 2.53. The van der Waals surface area contributed by atoms with Gasteiger partial charge < -0.3 is 4.74 Å². The highest BCUT2D eigenvalue weighted by atomic mass is 16.5. The first kappa shape index (κ1) is 12.1. The number of methoxy groups -OCH3 is 1. The number of carbonyl (C=O) groups excluding carboxylic acids is 1. The molecule has 0 aliphatic rings. The molecule has 0 radical (unpaired) electrons. The molecule has 0 unspecified atom stereocenters. The summed E-state index contributed by atoms with van der Waals surface area (Å²) in [6.45, 7) is 0. The summed E-state index contributed by atoms with van der Waals surface area (Å²) in [5.74, 6) is 0.195. The molecular weight excluding hydrogens is 230 g/mol. The van der Waals surface area contributed by atoms with Crippen LogP contribution in [-0.4, -0.2) is 18.2 Å². The number of hydroxylamine groups is 1. The average molecular weight is 243 g/mol. The Bertz CT molecular complexity index is 522. The van der Waals surface area contributed by atoms with E-state index in [1.165, 1.54) is 0 Å². The van der Waals surface area contributed by atoms with Crippen molar-refractivity contribution in [3.63, 3.8) is 0 Å². The smallest absolute Gasteiger partial charge is 0.281 e. The van der Waals surface area contributed by atoms with Gasteiger partial charge in [0.05, 0.1) is 12.8 Å². The highest BCUT2D eigenvalue weighted by Gasteiger charge is 2.14. The second kappa shape index (κ2) is 5.33. The molecule has 1 amide bonds. The van der Waals surface area contributed by atoms with Gasteiger partial charge in [0, 0.05) is 5.56 Å². The van der Waals surface area contributed by atoms with E-state index < -0.39 is 5.91 Å². The van der Waals surface area contributed by atoms with Crippen LogP contribution in [0.1, 0.15) is 10.4 Å². The van der Waals surface area contributed by atoms with Gasteiger partial charge in [-0.3, -0.25) is 10.0 Å². The van der Waals surface area contributed by atoms with Crippen molar-refractivity contribution in [1.82, 2.24) is 0 Å². The van der Waals surface area contributed by atoms with Crippen LogP contribution in [0.2, 0.25) is 0 Å². The average Bonchev–Trinajstić information content (AvgIpc) is 2.47. The summed E-state index contributed by atoms with van der Waals surface area (Å²) >= 11 is 0. The van der Waals surface area contributed by atoms with E-state index in [2.05, 4.69) is 0 Å². The summed E-state index contributed by atoms with van der Waals surface area (Å²) in [6, 6.07) is 15.2. The number of amides is 1. The van der Waals surface area contributed by atoms with Gasteiger partial charge in [-0.15, -0.1) is 0 Å². The van der Waals surface area contributed by atoms with Crippen LogP contribution in [-0.2, 0) is 0 Å². The Morgan fingerprint density at radius 3 is 2.22 bits per heavy atom. The van der Waals surface area contributed by atoms with E-state index in [0.717, 1.165) is 0 Å². The molecule has 0 saturated heterocycles. The number of nitrogens with zero attached hydrogens (tertiary/aromatic N) is 1. The van der Waals surface area contributed by atoms with Crippen LogP contribution in [0.4, 0.5) is 5.69 Å². The van der Waals surface area contributed by atoms with E-state index >= 15 is 0 Å². The number of benzene rings is 2. The van der Waals surface area contributed by atoms with Gasteiger partial charge in [0.15, 0.2) is 0 Å². The van der Waals surface area contributed by atoms with Crippen LogP contribution in [0.25, 0.3) is 0 Å². The standard InChI is InChI=1S/C14H13NO3/c1-18-13-9-7-12(8-10-13)15(17)14(16)11-5-3-2-4-6-11/h2-10,17H,1H3. The summed E-state index contributed by atoms with van der Waals surface area (Å²) in [7, 11) is 1.56. The third kappa shape index (κ3) is 2.49. The van der Waals surface area contributed by atoms with Gasteiger partial charge in [0.25, 0.3) is 5.91 Å². The molecule has 0 atom stereocenters. The molecule has 0 aromatic heterocycles. The Labute approximate surface area is 105 Å². The maximum absolute atomic E-state index is 11.9. The highest BCUT2D eigenvalue weighted by Crippen LogP contribution is 2.19. The van der Waals surface area contributed by atoms with Crippen LogP contribution in [0.15, 0.2) is 54.6 Å². The summed E-state index contributed by atoms with van der Waals surface area (Å²) in [4.78, 5) is 11.9. The van der Waals surface area contributed by atoms with E-state index in [-0.39, 0.29) is 0 Å². The monoisotopic (exact) mass is 243 g/mol. The van der Waals surface area contributed by atoms with Crippen molar-refractivity contribution in [2.75, 3.05) is 12.2 Å². The van der Waals surface area contributed by atoms with Crippen molar-refractivity contribution in [3.8, 4) is 5.75 Å². The normalized spacial score (nSPS) is 9.89. The van der Waals surface area contributed by atoms with Crippen molar-refractivity contribution < 1.29 is 14.7 Å². The van der Waals surface area contributed by atoms with Gasteiger partial charge in [-0.1, -0.05) is 18.2 Å². The fourth-order valence-corrected chi connectivity index (χ4v) is 1.54. The molecule has 2 rings (SSSR count). The quantitative estimate of drug-likeness (QED) is 0.666. The SMILES string of the molecule is COc1ccc(N(O)C(=O)c2ccccc2)cc1. The Morgan fingerprint density at radius 1 is 1.06 bits per heavy atom. The molecule has 2 aromatic rings.